The van der Waals surface area contributed by atoms with E-state index in [1.165, 1.54) is 0 Å². The van der Waals surface area contributed by atoms with Crippen molar-refractivity contribution in [2.24, 2.45) is 5.73 Å². The third kappa shape index (κ3) is 2.26. The van der Waals surface area contributed by atoms with E-state index in [4.69, 9.17) is 5.73 Å². The maximum Gasteiger partial charge on any atom is 0.199 e. The molecule has 0 saturated carbocycles. The molecule has 2 rings (SSSR count). The third-order valence-corrected chi connectivity index (χ3v) is 3.14. The molecule has 7 heteroatoms. The van der Waals surface area contributed by atoms with Crippen molar-refractivity contribution in [3.05, 3.63) is 12.4 Å². The second-order valence-electron chi connectivity index (χ2n) is 4.17. The molecule has 0 spiro atoms. The third-order valence-electron chi connectivity index (χ3n) is 3.14. The summed E-state index contributed by atoms with van der Waals surface area (Å²) >= 11 is 0. The Morgan fingerprint density at radius 3 is 2.78 bits per heavy atom. The van der Waals surface area contributed by atoms with Gasteiger partial charge in [-0.2, -0.15) is 4.52 Å². The molecule has 18 heavy (non-hydrogen) atoms. The Kier molecular flexibility index (Phi) is 4.03. The fourth-order valence-corrected chi connectivity index (χ4v) is 2.21. The molecule has 0 saturated heterocycles. The van der Waals surface area contributed by atoms with Crippen molar-refractivity contribution >= 4 is 11.5 Å². The molecule has 0 aliphatic heterocycles. The highest BCUT2D eigenvalue weighted by atomic mass is 15.5. The zero-order chi connectivity index (χ0) is 13.0. The van der Waals surface area contributed by atoms with E-state index in [2.05, 4.69) is 39.3 Å². The van der Waals surface area contributed by atoms with Crippen molar-refractivity contribution in [3.8, 4) is 0 Å². The SMILES string of the molecule is CCC(CC)N(CCN)c1cncc2nnnn12. The number of rotatable bonds is 6. The maximum atomic E-state index is 5.71. The van der Waals surface area contributed by atoms with Crippen LogP contribution in [0.2, 0.25) is 0 Å². The predicted molar refractivity (Wildman–Crippen MR) is 69.3 cm³/mol. The monoisotopic (exact) mass is 249 g/mol. The Balaban J connectivity index is 2.43. The summed E-state index contributed by atoms with van der Waals surface area (Å²) in [7, 11) is 0. The van der Waals surface area contributed by atoms with Gasteiger partial charge < -0.3 is 10.6 Å². The van der Waals surface area contributed by atoms with Crippen molar-refractivity contribution < 1.29 is 0 Å². The highest BCUT2D eigenvalue weighted by Gasteiger charge is 2.18. The minimum atomic E-state index is 0.421. The van der Waals surface area contributed by atoms with Gasteiger partial charge in [0.2, 0.25) is 0 Å². The molecule has 0 atom stereocenters. The van der Waals surface area contributed by atoms with Gasteiger partial charge in [-0.05, 0) is 23.3 Å². The van der Waals surface area contributed by atoms with Crippen LogP contribution in [-0.4, -0.2) is 44.2 Å². The molecule has 0 aliphatic carbocycles. The molecule has 2 N–H and O–H groups in total. The average Bonchev–Trinajstić information content (AvgIpc) is 2.87. The Morgan fingerprint density at radius 1 is 1.33 bits per heavy atom. The van der Waals surface area contributed by atoms with Gasteiger partial charge in [0.05, 0.1) is 12.4 Å². The Labute approximate surface area is 106 Å². The van der Waals surface area contributed by atoms with Crippen molar-refractivity contribution in [1.29, 1.82) is 0 Å². The maximum absolute atomic E-state index is 5.71. The van der Waals surface area contributed by atoms with Gasteiger partial charge in [0, 0.05) is 19.1 Å². The summed E-state index contributed by atoms with van der Waals surface area (Å²) in [4.78, 5) is 6.43. The van der Waals surface area contributed by atoms with E-state index in [1.807, 2.05) is 0 Å². The molecule has 0 unspecified atom stereocenters. The first kappa shape index (κ1) is 12.7. The summed E-state index contributed by atoms with van der Waals surface area (Å²) in [5.41, 5.74) is 6.36. The number of fused-ring (bicyclic) bond motifs is 1. The lowest BCUT2D eigenvalue weighted by Gasteiger charge is -2.31. The number of anilines is 1. The van der Waals surface area contributed by atoms with E-state index in [-0.39, 0.29) is 0 Å². The lowest BCUT2D eigenvalue weighted by Crippen LogP contribution is -2.39. The number of hydrogen-bond acceptors (Lipinski definition) is 6. The molecule has 0 aliphatic rings. The summed E-state index contributed by atoms with van der Waals surface area (Å²) in [6.07, 6.45) is 5.54. The van der Waals surface area contributed by atoms with Crippen LogP contribution in [0.15, 0.2) is 12.4 Å². The zero-order valence-corrected chi connectivity index (χ0v) is 10.8. The van der Waals surface area contributed by atoms with Crippen molar-refractivity contribution in [2.75, 3.05) is 18.0 Å². The molecule has 0 bridgehead atoms. The lowest BCUT2D eigenvalue weighted by molar-refractivity contribution is 0.547. The molecule has 2 heterocycles. The fraction of sp³-hybridized carbons (Fsp3) is 0.636. The van der Waals surface area contributed by atoms with Crippen molar-refractivity contribution in [1.82, 2.24) is 25.0 Å². The van der Waals surface area contributed by atoms with Gasteiger partial charge in [0.15, 0.2) is 11.5 Å². The first-order valence-electron chi connectivity index (χ1n) is 6.30. The zero-order valence-electron chi connectivity index (χ0n) is 10.8. The molecular weight excluding hydrogens is 230 g/mol. The minimum absolute atomic E-state index is 0.421. The smallest absolute Gasteiger partial charge is 0.199 e. The summed E-state index contributed by atoms with van der Waals surface area (Å²) in [5, 5.41) is 11.6. The van der Waals surface area contributed by atoms with Gasteiger partial charge in [-0.1, -0.05) is 13.8 Å². The molecule has 0 aromatic carbocycles. The first-order chi connectivity index (χ1) is 8.81. The first-order valence-corrected chi connectivity index (χ1v) is 6.30. The van der Waals surface area contributed by atoms with E-state index in [9.17, 15) is 0 Å². The van der Waals surface area contributed by atoms with Gasteiger partial charge in [0.25, 0.3) is 0 Å². The number of hydrogen-bond donors (Lipinski definition) is 1. The lowest BCUT2D eigenvalue weighted by atomic mass is 10.1. The van der Waals surface area contributed by atoms with Gasteiger partial charge in [-0.15, -0.1) is 5.10 Å². The van der Waals surface area contributed by atoms with Crippen LogP contribution in [0.5, 0.6) is 0 Å². The largest absolute Gasteiger partial charge is 0.351 e. The predicted octanol–water partition coefficient (Wildman–Crippen LogP) is 0.473. The molecule has 2 aromatic heterocycles. The molecule has 0 amide bonds. The van der Waals surface area contributed by atoms with Crippen LogP contribution in [0, 0.1) is 0 Å². The Morgan fingerprint density at radius 2 is 2.11 bits per heavy atom. The van der Waals surface area contributed by atoms with Crippen LogP contribution in [0.1, 0.15) is 26.7 Å². The van der Waals surface area contributed by atoms with Crippen LogP contribution in [0.4, 0.5) is 5.82 Å². The second kappa shape index (κ2) is 5.72. The van der Waals surface area contributed by atoms with E-state index >= 15 is 0 Å². The van der Waals surface area contributed by atoms with Crippen molar-refractivity contribution in [3.63, 3.8) is 0 Å². The van der Waals surface area contributed by atoms with E-state index in [1.54, 1.807) is 16.9 Å². The summed E-state index contributed by atoms with van der Waals surface area (Å²) < 4.78 is 1.71. The molecule has 0 radical (unpaired) electrons. The molecule has 2 aromatic rings. The van der Waals surface area contributed by atoms with Crippen LogP contribution >= 0.6 is 0 Å². The van der Waals surface area contributed by atoms with Crippen LogP contribution in [-0.2, 0) is 0 Å². The van der Waals surface area contributed by atoms with Gasteiger partial charge in [-0.25, -0.2) is 0 Å². The van der Waals surface area contributed by atoms with E-state index in [0.29, 0.717) is 18.2 Å². The quantitative estimate of drug-likeness (QED) is 0.801. The van der Waals surface area contributed by atoms with Gasteiger partial charge >= 0.3 is 0 Å². The van der Waals surface area contributed by atoms with Crippen molar-refractivity contribution in [2.45, 2.75) is 32.7 Å². The minimum Gasteiger partial charge on any atom is -0.351 e. The van der Waals surface area contributed by atoms with Crippen LogP contribution in [0.25, 0.3) is 5.65 Å². The molecule has 98 valence electrons. The highest BCUT2D eigenvalue weighted by Crippen LogP contribution is 2.19. The second-order valence-corrected chi connectivity index (χ2v) is 4.17. The molecule has 7 nitrogen and oxygen atoms in total. The summed E-state index contributed by atoms with van der Waals surface area (Å²) in [5.74, 6) is 0.900. The van der Waals surface area contributed by atoms with Gasteiger partial charge in [-0.3, -0.25) is 4.98 Å². The fourth-order valence-electron chi connectivity index (χ4n) is 2.21. The topological polar surface area (TPSA) is 85.2 Å². The summed E-state index contributed by atoms with van der Waals surface area (Å²) in [6, 6.07) is 0.421. The van der Waals surface area contributed by atoms with Crippen LogP contribution < -0.4 is 10.6 Å². The number of nitrogens with two attached hydrogens (primary N) is 1. The highest BCUT2D eigenvalue weighted by molar-refractivity contribution is 5.46. The normalized spacial score (nSPS) is 11.3. The van der Waals surface area contributed by atoms with E-state index in [0.717, 1.165) is 25.2 Å². The number of aromatic nitrogens is 5. The van der Waals surface area contributed by atoms with Gasteiger partial charge in [0.1, 0.15) is 0 Å². The summed E-state index contributed by atoms with van der Waals surface area (Å²) in [6.45, 7) is 5.71. The molecule has 0 fully saturated rings. The Bertz CT molecular complexity index is 491. The molecular formula is C11H19N7. The van der Waals surface area contributed by atoms with E-state index < -0.39 is 0 Å². The van der Waals surface area contributed by atoms with Crippen LogP contribution in [0.3, 0.4) is 0 Å². The Hall–Kier alpha value is -1.76. The standard InChI is InChI=1S/C11H19N7/c1-3-9(4-2)17(6-5-12)11-8-13-7-10-14-15-16-18(10)11/h7-9H,3-6,12H2,1-2H3. The number of tetrazole rings is 1. The average molecular weight is 249 g/mol. The number of nitrogens with zero attached hydrogens (tertiary/aromatic N) is 6.